The predicted molar refractivity (Wildman–Crippen MR) is 67.3 cm³/mol. The molecule has 1 aliphatic rings. The first-order chi connectivity index (χ1) is 7.95. The molecular weight excluding hydrogens is 234 g/mol. The van der Waals surface area contributed by atoms with Crippen molar-refractivity contribution in [2.24, 2.45) is 0 Å². The van der Waals surface area contributed by atoms with Gasteiger partial charge in [-0.3, -0.25) is 0 Å². The van der Waals surface area contributed by atoms with E-state index >= 15 is 0 Å². The fourth-order valence-corrected chi connectivity index (χ4v) is 1.89. The molecule has 0 bridgehead atoms. The fourth-order valence-electron chi connectivity index (χ4n) is 1.89. The van der Waals surface area contributed by atoms with Crippen LogP contribution < -0.4 is 17.7 Å². The van der Waals surface area contributed by atoms with Crippen LogP contribution in [0, 0.1) is 0 Å². The van der Waals surface area contributed by atoms with Crippen molar-refractivity contribution in [3.05, 3.63) is 42.0 Å². The number of benzene rings is 1. The lowest BCUT2D eigenvalue weighted by Crippen LogP contribution is -3.00. The molecule has 1 fully saturated rings. The van der Waals surface area contributed by atoms with E-state index in [4.69, 9.17) is 4.74 Å². The Bertz CT molecular complexity index is 320. The number of hydrogen-bond acceptors (Lipinski definition) is 2. The van der Waals surface area contributed by atoms with Crippen molar-refractivity contribution >= 4 is 6.08 Å². The van der Waals surface area contributed by atoms with Crippen LogP contribution in [0.3, 0.4) is 0 Å². The zero-order valence-corrected chi connectivity index (χ0v) is 10.7. The van der Waals surface area contributed by atoms with Crippen molar-refractivity contribution in [2.75, 3.05) is 19.7 Å². The lowest BCUT2D eigenvalue weighted by molar-refractivity contribution is -0.00000449. The molecule has 1 heterocycles. The number of halogens is 1. The molecule has 0 aliphatic carbocycles. The van der Waals surface area contributed by atoms with E-state index in [0.717, 1.165) is 19.7 Å². The molecule has 1 aliphatic heterocycles. The Kier molecular flexibility index (Phi) is 6.94. The molecule has 1 unspecified atom stereocenters. The van der Waals surface area contributed by atoms with Crippen molar-refractivity contribution in [3.63, 3.8) is 0 Å². The summed E-state index contributed by atoms with van der Waals surface area (Å²) in [6.07, 6.45) is 7.15. The minimum Gasteiger partial charge on any atom is -1.00 e. The minimum absolute atomic E-state index is 0. The maximum absolute atomic E-state index is 5.53. The van der Waals surface area contributed by atoms with Gasteiger partial charge in [0.05, 0.1) is 6.10 Å². The van der Waals surface area contributed by atoms with E-state index in [1.165, 1.54) is 18.4 Å². The molecule has 1 N–H and O–H groups in total. The van der Waals surface area contributed by atoms with Gasteiger partial charge in [-0.1, -0.05) is 42.5 Å². The number of hydrogen-bond donors (Lipinski definition) is 1. The molecule has 0 aromatic heterocycles. The van der Waals surface area contributed by atoms with Crippen molar-refractivity contribution in [1.82, 2.24) is 5.32 Å². The summed E-state index contributed by atoms with van der Waals surface area (Å²) in [5.41, 5.74) is 1.25. The van der Waals surface area contributed by atoms with E-state index in [1.807, 2.05) is 6.07 Å². The van der Waals surface area contributed by atoms with Gasteiger partial charge in [0, 0.05) is 19.7 Å². The summed E-state index contributed by atoms with van der Waals surface area (Å²) in [5.74, 6) is 0. The molecule has 1 aromatic rings. The molecule has 1 atom stereocenters. The van der Waals surface area contributed by atoms with Gasteiger partial charge >= 0.3 is 0 Å². The quantitative estimate of drug-likeness (QED) is 0.712. The van der Waals surface area contributed by atoms with Gasteiger partial charge in [-0.25, -0.2) is 0 Å². The molecule has 0 amide bonds. The van der Waals surface area contributed by atoms with Crippen LogP contribution in [0.1, 0.15) is 18.4 Å². The summed E-state index contributed by atoms with van der Waals surface area (Å²) >= 11 is 0. The third kappa shape index (κ3) is 5.35. The van der Waals surface area contributed by atoms with E-state index in [1.54, 1.807) is 0 Å². The normalized spacial score (nSPS) is 19.4. The summed E-state index contributed by atoms with van der Waals surface area (Å²) < 4.78 is 5.53. The van der Waals surface area contributed by atoms with E-state index in [0.29, 0.717) is 6.10 Å². The Labute approximate surface area is 109 Å². The summed E-state index contributed by atoms with van der Waals surface area (Å²) in [5, 5.41) is 3.39. The Morgan fingerprint density at radius 1 is 1.29 bits per heavy atom. The lowest BCUT2D eigenvalue weighted by atomic mass is 10.2. The van der Waals surface area contributed by atoms with Gasteiger partial charge in [-0.15, -0.1) is 0 Å². The molecule has 3 heteroatoms. The zero-order chi connectivity index (χ0) is 11.1. The Hall–Kier alpha value is -0.830. The van der Waals surface area contributed by atoms with Crippen molar-refractivity contribution < 1.29 is 17.1 Å². The van der Waals surface area contributed by atoms with Crippen LogP contribution >= 0.6 is 0 Å². The molecule has 0 saturated carbocycles. The molecule has 0 radical (unpaired) electrons. The first kappa shape index (κ1) is 14.2. The van der Waals surface area contributed by atoms with Crippen LogP contribution in [0.5, 0.6) is 0 Å². The van der Waals surface area contributed by atoms with E-state index in [9.17, 15) is 0 Å². The number of rotatable bonds is 5. The smallest absolute Gasteiger partial charge is 0.0700 e. The second kappa shape index (κ2) is 8.29. The second-order valence-corrected chi connectivity index (χ2v) is 4.11. The fraction of sp³-hybridized carbons (Fsp3) is 0.429. The molecule has 17 heavy (non-hydrogen) atoms. The highest BCUT2D eigenvalue weighted by atomic mass is 35.5. The highest BCUT2D eigenvalue weighted by molar-refractivity contribution is 5.48. The van der Waals surface area contributed by atoms with Crippen LogP contribution in [0.2, 0.25) is 0 Å². The molecular formula is C14H19ClNO-. The van der Waals surface area contributed by atoms with Gasteiger partial charge in [0.1, 0.15) is 0 Å². The lowest BCUT2D eigenvalue weighted by Gasteiger charge is -2.08. The predicted octanol–water partition coefficient (Wildman–Crippen LogP) is -0.528. The Morgan fingerprint density at radius 2 is 2.12 bits per heavy atom. The van der Waals surface area contributed by atoms with Crippen molar-refractivity contribution in [2.45, 2.75) is 18.9 Å². The molecule has 2 rings (SSSR count). The average molecular weight is 253 g/mol. The van der Waals surface area contributed by atoms with Gasteiger partial charge in [-0.2, -0.15) is 0 Å². The molecule has 2 nitrogen and oxygen atoms in total. The second-order valence-electron chi connectivity index (χ2n) is 4.11. The SMILES string of the molecule is C(=C\c1ccccc1)/CNCC1CCCO1.[Cl-]. The van der Waals surface area contributed by atoms with E-state index < -0.39 is 0 Å². The third-order valence-electron chi connectivity index (χ3n) is 2.77. The van der Waals surface area contributed by atoms with E-state index in [-0.39, 0.29) is 12.4 Å². The molecule has 0 spiro atoms. The summed E-state index contributed by atoms with van der Waals surface area (Å²) in [6.45, 7) is 2.82. The monoisotopic (exact) mass is 252 g/mol. The van der Waals surface area contributed by atoms with Gasteiger partial charge in [0.15, 0.2) is 0 Å². The van der Waals surface area contributed by atoms with Gasteiger partial charge in [-0.05, 0) is 18.4 Å². The maximum atomic E-state index is 5.53. The summed E-state index contributed by atoms with van der Waals surface area (Å²) in [6, 6.07) is 10.4. The van der Waals surface area contributed by atoms with Gasteiger partial charge in [0.25, 0.3) is 0 Å². The highest BCUT2D eigenvalue weighted by Gasteiger charge is 2.13. The minimum atomic E-state index is 0. The average Bonchev–Trinajstić information content (AvgIpc) is 2.83. The summed E-state index contributed by atoms with van der Waals surface area (Å²) in [4.78, 5) is 0. The first-order valence-electron chi connectivity index (χ1n) is 5.99. The van der Waals surface area contributed by atoms with E-state index in [2.05, 4.69) is 41.7 Å². The van der Waals surface area contributed by atoms with Crippen LogP contribution in [0.15, 0.2) is 36.4 Å². The van der Waals surface area contributed by atoms with Crippen LogP contribution in [-0.2, 0) is 4.74 Å². The standard InChI is InChI=1S/C14H19NO.ClH/c1-2-6-13(7-3-1)8-4-10-15-12-14-9-5-11-16-14;/h1-4,6-8,14-15H,5,9-12H2;1H/p-1/b8-4+;. The zero-order valence-electron chi connectivity index (χ0n) is 9.94. The first-order valence-corrected chi connectivity index (χ1v) is 5.99. The molecule has 94 valence electrons. The third-order valence-corrected chi connectivity index (χ3v) is 2.77. The maximum Gasteiger partial charge on any atom is 0.0700 e. The molecule has 1 saturated heterocycles. The largest absolute Gasteiger partial charge is 1.00 e. The number of nitrogens with one attached hydrogen (secondary N) is 1. The highest BCUT2D eigenvalue weighted by Crippen LogP contribution is 2.10. The Morgan fingerprint density at radius 3 is 2.82 bits per heavy atom. The molecule has 1 aromatic carbocycles. The van der Waals surface area contributed by atoms with Crippen LogP contribution in [0.25, 0.3) is 6.08 Å². The number of ether oxygens (including phenoxy) is 1. The van der Waals surface area contributed by atoms with Crippen molar-refractivity contribution in [3.8, 4) is 0 Å². The van der Waals surface area contributed by atoms with Crippen LogP contribution in [0.4, 0.5) is 0 Å². The van der Waals surface area contributed by atoms with Gasteiger partial charge in [0.2, 0.25) is 0 Å². The van der Waals surface area contributed by atoms with Crippen molar-refractivity contribution in [1.29, 1.82) is 0 Å². The topological polar surface area (TPSA) is 21.3 Å². The Balaban J connectivity index is 0.00000144. The summed E-state index contributed by atoms with van der Waals surface area (Å²) in [7, 11) is 0. The van der Waals surface area contributed by atoms with Crippen LogP contribution in [-0.4, -0.2) is 25.8 Å². The van der Waals surface area contributed by atoms with Gasteiger partial charge < -0.3 is 22.5 Å².